The van der Waals surface area contributed by atoms with Crippen LogP contribution in [0, 0.1) is 0 Å². The first-order valence-corrected chi connectivity index (χ1v) is 10.8. The SMILES string of the molecule is CS(=O)Cc1cccc(C(=O)NCc2ccc(CN3CCCC3)cc2)c1. The zero-order valence-corrected chi connectivity index (χ0v) is 16.1. The molecular weight excluding hydrogens is 344 g/mol. The fourth-order valence-corrected chi connectivity index (χ4v) is 3.93. The molecule has 2 aromatic rings. The Kier molecular flexibility index (Phi) is 6.58. The molecule has 3 rings (SSSR count). The molecule has 5 heteroatoms. The molecule has 1 fully saturated rings. The molecule has 1 unspecified atom stereocenters. The zero-order chi connectivity index (χ0) is 18.4. The molecule has 1 saturated heterocycles. The first-order chi connectivity index (χ1) is 12.6. The molecule has 0 spiro atoms. The first-order valence-electron chi connectivity index (χ1n) is 9.07. The third-order valence-corrected chi connectivity index (χ3v) is 5.38. The van der Waals surface area contributed by atoms with Gasteiger partial charge in [-0.15, -0.1) is 0 Å². The van der Waals surface area contributed by atoms with Crippen LogP contribution in [0.15, 0.2) is 48.5 Å². The van der Waals surface area contributed by atoms with Crippen LogP contribution >= 0.6 is 0 Å². The molecule has 1 amide bonds. The Morgan fingerprint density at radius 1 is 1.04 bits per heavy atom. The summed E-state index contributed by atoms with van der Waals surface area (Å²) in [6, 6.07) is 15.8. The molecular formula is C21H26N2O2S. The third kappa shape index (κ3) is 5.51. The lowest BCUT2D eigenvalue weighted by Gasteiger charge is -2.14. The fourth-order valence-electron chi connectivity index (χ4n) is 3.28. The van der Waals surface area contributed by atoms with E-state index in [1.165, 1.54) is 31.5 Å². The number of hydrogen-bond donors (Lipinski definition) is 1. The lowest BCUT2D eigenvalue weighted by Crippen LogP contribution is -2.23. The standard InChI is InChI=1S/C21H26N2O2S/c1-26(25)16-19-5-4-6-20(13-19)21(24)22-14-17-7-9-18(10-8-17)15-23-11-2-3-12-23/h4-10,13H,2-3,11-12,14-16H2,1H3,(H,22,24). The Bertz CT molecular complexity index is 768. The predicted molar refractivity (Wildman–Crippen MR) is 106 cm³/mol. The van der Waals surface area contributed by atoms with Crippen LogP contribution in [0.25, 0.3) is 0 Å². The maximum atomic E-state index is 12.4. The van der Waals surface area contributed by atoms with Gasteiger partial charge in [0.25, 0.3) is 5.91 Å². The summed E-state index contributed by atoms with van der Waals surface area (Å²) in [6.45, 7) is 3.91. The van der Waals surface area contributed by atoms with Gasteiger partial charge in [0.15, 0.2) is 0 Å². The molecule has 2 aromatic carbocycles. The van der Waals surface area contributed by atoms with Gasteiger partial charge in [-0.1, -0.05) is 36.4 Å². The van der Waals surface area contributed by atoms with Crippen LogP contribution in [-0.2, 0) is 29.6 Å². The van der Waals surface area contributed by atoms with Gasteiger partial charge in [-0.25, -0.2) is 0 Å². The molecule has 1 heterocycles. The second-order valence-electron chi connectivity index (χ2n) is 6.90. The lowest BCUT2D eigenvalue weighted by atomic mass is 10.1. The normalized spacial score (nSPS) is 15.7. The Labute approximate surface area is 158 Å². The van der Waals surface area contributed by atoms with Crippen LogP contribution < -0.4 is 5.32 Å². The smallest absolute Gasteiger partial charge is 0.251 e. The summed E-state index contributed by atoms with van der Waals surface area (Å²) in [6.07, 6.45) is 4.28. The maximum Gasteiger partial charge on any atom is 0.251 e. The van der Waals surface area contributed by atoms with Gasteiger partial charge in [-0.2, -0.15) is 0 Å². The van der Waals surface area contributed by atoms with Crippen molar-refractivity contribution in [2.24, 2.45) is 0 Å². The predicted octanol–water partition coefficient (Wildman–Crippen LogP) is 3.09. The highest BCUT2D eigenvalue weighted by Gasteiger charge is 2.11. The average Bonchev–Trinajstić information content (AvgIpc) is 3.13. The van der Waals surface area contributed by atoms with Crippen LogP contribution in [0.3, 0.4) is 0 Å². The zero-order valence-electron chi connectivity index (χ0n) is 15.2. The Hall–Kier alpha value is -1.98. The number of hydrogen-bond acceptors (Lipinski definition) is 3. The van der Waals surface area contributed by atoms with Crippen molar-refractivity contribution in [1.82, 2.24) is 10.2 Å². The van der Waals surface area contributed by atoms with Crippen LogP contribution in [0.1, 0.15) is 39.9 Å². The minimum atomic E-state index is -0.911. The largest absolute Gasteiger partial charge is 0.348 e. The van der Waals surface area contributed by atoms with E-state index < -0.39 is 10.8 Å². The highest BCUT2D eigenvalue weighted by atomic mass is 32.2. The molecule has 0 saturated carbocycles. The van der Waals surface area contributed by atoms with Crippen molar-refractivity contribution in [2.45, 2.75) is 31.7 Å². The topological polar surface area (TPSA) is 49.4 Å². The highest BCUT2D eigenvalue weighted by Crippen LogP contribution is 2.13. The van der Waals surface area contributed by atoms with Gasteiger partial charge < -0.3 is 5.32 Å². The van der Waals surface area contributed by atoms with Gasteiger partial charge in [0.2, 0.25) is 0 Å². The second-order valence-corrected chi connectivity index (χ2v) is 8.34. The molecule has 0 bridgehead atoms. The minimum Gasteiger partial charge on any atom is -0.348 e. The van der Waals surface area contributed by atoms with Crippen molar-refractivity contribution in [3.05, 3.63) is 70.8 Å². The summed E-state index contributed by atoms with van der Waals surface area (Å²) in [4.78, 5) is 14.8. The van der Waals surface area contributed by atoms with Gasteiger partial charge in [-0.05, 0) is 54.8 Å². The summed E-state index contributed by atoms with van der Waals surface area (Å²) >= 11 is 0. The number of rotatable bonds is 7. The average molecular weight is 371 g/mol. The number of likely N-dealkylation sites (tertiary alicyclic amines) is 1. The molecule has 1 N–H and O–H groups in total. The fraction of sp³-hybridized carbons (Fsp3) is 0.381. The van der Waals surface area contributed by atoms with Crippen molar-refractivity contribution < 1.29 is 9.00 Å². The van der Waals surface area contributed by atoms with E-state index in [0.717, 1.165) is 17.7 Å². The summed E-state index contributed by atoms with van der Waals surface area (Å²) < 4.78 is 11.3. The van der Waals surface area contributed by atoms with Gasteiger partial charge in [0, 0.05) is 41.5 Å². The number of amides is 1. The van der Waals surface area contributed by atoms with Crippen molar-refractivity contribution in [2.75, 3.05) is 19.3 Å². The lowest BCUT2D eigenvalue weighted by molar-refractivity contribution is 0.0951. The molecule has 1 aliphatic heterocycles. The number of benzene rings is 2. The van der Waals surface area contributed by atoms with Gasteiger partial charge in [0.05, 0.1) is 0 Å². The Morgan fingerprint density at radius 3 is 2.42 bits per heavy atom. The number of nitrogens with zero attached hydrogens (tertiary/aromatic N) is 1. The summed E-state index contributed by atoms with van der Waals surface area (Å²) in [5, 5.41) is 2.96. The van der Waals surface area contributed by atoms with Crippen LogP contribution in [-0.4, -0.2) is 34.4 Å². The van der Waals surface area contributed by atoms with E-state index in [0.29, 0.717) is 17.9 Å². The summed E-state index contributed by atoms with van der Waals surface area (Å²) in [7, 11) is -0.911. The highest BCUT2D eigenvalue weighted by molar-refractivity contribution is 7.83. The van der Waals surface area contributed by atoms with E-state index in [1.807, 2.05) is 18.2 Å². The van der Waals surface area contributed by atoms with E-state index in [2.05, 4.69) is 34.5 Å². The number of carbonyl (C=O) groups is 1. The molecule has 0 aliphatic carbocycles. The van der Waals surface area contributed by atoms with Crippen LogP contribution in [0.4, 0.5) is 0 Å². The van der Waals surface area contributed by atoms with E-state index in [9.17, 15) is 9.00 Å². The third-order valence-electron chi connectivity index (χ3n) is 4.64. The molecule has 1 atom stereocenters. The quantitative estimate of drug-likeness (QED) is 0.815. The van der Waals surface area contributed by atoms with Gasteiger partial charge >= 0.3 is 0 Å². The number of carbonyl (C=O) groups excluding carboxylic acids is 1. The molecule has 26 heavy (non-hydrogen) atoms. The second kappa shape index (κ2) is 9.10. The van der Waals surface area contributed by atoms with E-state index in [4.69, 9.17) is 0 Å². The van der Waals surface area contributed by atoms with E-state index in [-0.39, 0.29) is 5.91 Å². The maximum absolute atomic E-state index is 12.4. The number of nitrogens with one attached hydrogen (secondary N) is 1. The van der Waals surface area contributed by atoms with Crippen molar-refractivity contribution >= 4 is 16.7 Å². The van der Waals surface area contributed by atoms with Gasteiger partial charge in [0.1, 0.15) is 0 Å². The van der Waals surface area contributed by atoms with E-state index in [1.54, 1.807) is 12.3 Å². The Balaban J connectivity index is 1.53. The minimum absolute atomic E-state index is 0.102. The molecule has 138 valence electrons. The van der Waals surface area contributed by atoms with Gasteiger partial charge in [-0.3, -0.25) is 13.9 Å². The Morgan fingerprint density at radius 2 is 1.73 bits per heavy atom. The first kappa shape index (κ1) is 18.8. The van der Waals surface area contributed by atoms with E-state index >= 15 is 0 Å². The molecule has 4 nitrogen and oxygen atoms in total. The molecule has 1 aliphatic rings. The molecule has 0 aromatic heterocycles. The van der Waals surface area contributed by atoms with Crippen LogP contribution in [0.5, 0.6) is 0 Å². The van der Waals surface area contributed by atoms with Crippen molar-refractivity contribution in [3.63, 3.8) is 0 Å². The van der Waals surface area contributed by atoms with Crippen LogP contribution in [0.2, 0.25) is 0 Å². The molecule has 0 radical (unpaired) electrons. The van der Waals surface area contributed by atoms with Crippen molar-refractivity contribution in [1.29, 1.82) is 0 Å². The summed E-state index contributed by atoms with van der Waals surface area (Å²) in [5.74, 6) is 0.370. The van der Waals surface area contributed by atoms with Crippen molar-refractivity contribution in [3.8, 4) is 0 Å². The summed E-state index contributed by atoms with van der Waals surface area (Å²) in [5.41, 5.74) is 3.94. The monoisotopic (exact) mass is 370 g/mol.